The van der Waals surface area contributed by atoms with Crippen LogP contribution in [0.15, 0.2) is 36.4 Å². The summed E-state index contributed by atoms with van der Waals surface area (Å²) in [5, 5.41) is 17.1. The highest BCUT2D eigenvalue weighted by atomic mass is 16.6. The summed E-state index contributed by atoms with van der Waals surface area (Å²) in [5.74, 6) is 0.785. The minimum Gasteiger partial charge on any atom is -0.370 e. The first-order valence-electron chi connectivity index (χ1n) is 6.59. The minimum atomic E-state index is -0.460. The van der Waals surface area contributed by atoms with Gasteiger partial charge in [-0.15, -0.1) is 0 Å². The quantitative estimate of drug-likeness (QED) is 0.557. The van der Waals surface area contributed by atoms with Crippen LogP contribution in [0.1, 0.15) is 12.5 Å². The van der Waals surface area contributed by atoms with Gasteiger partial charge in [-0.2, -0.15) is 0 Å². The molecule has 2 rings (SSSR count). The molecule has 0 spiro atoms. The van der Waals surface area contributed by atoms with Crippen LogP contribution in [0.4, 0.5) is 23.0 Å². The van der Waals surface area contributed by atoms with E-state index in [-0.39, 0.29) is 11.5 Å². The molecule has 0 amide bonds. The van der Waals surface area contributed by atoms with Gasteiger partial charge < -0.3 is 16.4 Å². The summed E-state index contributed by atoms with van der Waals surface area (Å²) in [6.07, 6.45) is 0. The van der Waals surface area contributed by atoms with Gasteiger partial charge in [-0.1, -0.05) is 12.1 Å². The second-order valence-corrected chi connectivity index (χ2v) is 4.38. The third kappa shape index (κ3) is 3.67. The van der Waals surface area contributed by atoms with Gasteiger partial charge in [0.15, 0.2) is 0 Å². The van der Waals surface area contributed by atoms with Gasteiger partial charge in [0.05, 0.1) is 4.92 Å². The standard InChI is InChI=1S/C14H17N5O2/c1-2-16-13-7-6-12(19(20)21)14(18-13)17-11-5-3-4-10(8-11)9-15/h3-8H,2,9,15H2,1H3,(H2,16,17,18). The highest BCUT2D eigenvalue weighted by molar-refractivity contribution is 5.68. The van der Waals surface area contributed by atoms with Crippen LogP contribution in [0.2, 0.25) is 0 Å². The molecule has 0 aliphatic rings. The first-order chi connectivity index (χ1) is 10.1. The fourth-order valence-electron chi connectivity index (χ4n) is 1.88. The fraction of sp³-hybridized carbons (Fsp3) is 0.214. The van der Waals surface area contributed by atoms with E-state index in [1.807, 2.05) is 31.2 Å². The van der Waals surface area contributed by atoms with Crippen molar-refractivity contribution in [3.63, 3.8) is 0 Å². The molecule has 0 radical (unpaired) electrons. The van der Waals surface area contributed by atoms with Gasteiger partial charge in [-0.3, -0.25) is 10.1 Å². The van der Waals surface area contributed by atoms with E-state index in [9.17, 15) is 10.1 Å². The third-order valence-corrected chi connectivity index (χ3v) is 2.85. The molecule has 2 aromatic rings. The lowest BCUT2D eigenvalue weighted by Gasteiger charge is -2.09. The number of hydrogen-bond donors (Lipinski definition) is 3. The van der Waals surface area contributed by atoms with Crippen LogP contribution in [0.25, 0.3) is 0 Å². The Hall–Kier alpha value is -2.67. The minimum absolute atomic E-state index is 0.0743. The summed E-state index contributed by atoms with van der Waals surface area (Å²) < 4.78 is 0. The molecule has 110 valence electrons. The SMILES string of the molecule is CCNc1ccc([N+](=O)[O-])c(Nc2cccc(CN)c2)n1. The molecule has 0 fully saturated rings. The van der Waals surface area contributed by atoms with Crippen LogP contribution in [0, 0.1) is 10.1 Å². The number of hydrogen-bond acceptors (Lipinski definition) is 6. The molecule has 0 unspecified atom stereocenters. The predicted molar refractivity (Wildman–Crippen MR) is 82.7 cm³/mol. The van der Waals surface area contributed by atoms with Crippen LogP contribution in [-0.4, -0.2) is 16.5 Å². The molecule has 7 nitrogen and oxygen atoms in total. The Kier molecular flexibility index (Phi) is 4.68. The van der Waals surface area contributed by atoms with Crippen molar-refractivity contribution in [1.82, 2.24) is 4.98 Å². The second-order valence-electron chi connectivity index (χ2n) is 4.38. The van der Waals surface area contributed by atoms with E-state index < -0.39 is 4.92 Å². The maximum atomic E-state index is 11.1. The first-order valence-corrected chi connectivity index (χ1v) is 6.59. The lowest BCUT2D eigenvalue weighted by atomic mass is 10.2. The largest absolute Gasteiger partial charge is 0.370 e. The van der Waals surface area contributed by atoms with E-state index in [0.717, 1.165) is 5.56 Å². The maximum Gasteiger partial charge on any atom is 0.311 e. The molecule has 0 aliphatic carbocycles. The number of nitrogens with one attached hydrogen (secondary N) is 2. The number of nitrogens with zero attached hydrogens (tertiary/aromatic N) is 2. The number of nitro groups is 1. The molecular weight excluding hydrogens is 270 g/mol. The Morgan fingerprint density at radius 2 is 2.14 bits per heavy atom. The molecule has 4 N–H and O–H groups in total. The number of nitrogens with two attached hydrogens (primary N) is 1. The van der Waals surface area contributed by atoms with E-state index in [0.29, 0.717) is 24.6 Å². The van der Waals surface area contributed by atoms with Crippen molar-refractivity contribution in [2.24, 2.45) is 5.73 Å². The molecule has 0 saturated heterocycles. The van der Waals surface area contributed by atoms with E-state index in [4.69, 9.17) is 5.73 Å². The number of benzene rings is 1. The van der Waals surface area contributed by atoms with Gasteiger partial charge in [-0.25, -0.2) is 4.98 Å². The third-order valence-electron chi connectivity index (χ3n) is 2.85. The van der Waals surface area contributed by atoms with Gasteiger partial charge in [0, 0.05) is 24.8 Å². The number of rotatable bonds is 6. The van der Waals surface area contributed by atoms with Crippen LogP contribution in [0.3, 0.4) is 0 Å². The number of anilines is 3. The molecule has 1 aromatic heterocycles. The molecular formula is C14H17N5O2. The molecule has 1 aromatic carbocycles. The molecule has 0 saturated carbocycles. The Morgan fingerprint density at radius 1 is 1.33 bits per heavy atom. The van der Waals surface area contributed by atoms with E-state index in [1.54, 1.807) is 6.07 Å². The zero-order chi connectivity index (χ0) is 15.2. The normalized spacial score (nSPS) is 10.2. The maximum absolute atomic E-state index is 11.1. The summed E-state index contributed by atoms with van der Waals surface area (Å²) in [5.41, 5.74) is 7.16. The van der Waals surface area contributed by atoms with Gasteiger partial charge in [0.25, 0.3) is 0 Å². The Morgan fingerprint density at radius 3 is 2.81 bits per heavy atom. The van der Waals surface area contributed by atoms with Crippen molar-refractivity contribution in [2.75, 3.05) is 17.2 Å². The summed E-state index contributed by atoms with van der Waals surface area (Å²) in [6.45, 7) is 3.02. The summed E-state index contributed by atoms with van der Waals surface area (Å²) in [6, 6.07) is 10.4. The van der Waals surface area contributed by atoms with Crippen molar-refractivity contribution in [1.29, 1.82) is 0 Å². The fourth-order valence-corrected chi connectivity index (χ4v) is 1.88. The van der Waals surface area contributed by atoms with Crippen LogP contribution in [-0.2, 0) is 6.54 Å². The van der Waals surface area contributed by atoms with Crippen LogP contribution >= 0.6 is 0 Å². The summed E-state index contributed by atoms with van der Waals surface area (Å²) in [4.78, 5) is 14.9. The Balaban J connectivity index is 2.35. The number of aromatic nitrogens is 1. The van der Waals surface area contributed by atoms with Crippen LogP contribution in [0.5, 0.6) is 0 Å². The van der Waals surface area contributed by atoms with Crippen molar-refractivity contribution in [2.45, 2.75) is 13.5 Å². The molecule has 7 heteroatoms. The lowest BCUT2D eigenvalue weighted by molar-refractivity contribution is -0.384. The van der Waals surface area contributed by atoms with E-state index in [1.165, 1.54) is 6.07 Å². The van der Waals surface area contributed by atoms with Crippen molar-refractivity contribution in [3.8, 4) is 0 Å². The zero-order valence-electron chi connectivity index (χ0n) is 11.7. The zero-order valence-corrected chi connectivity index (χ0v) is 11.7. The molecule has 0 aliphatic heterocycles. The Labute approximate surface area is 122 Å². The topological polar surface area (TPSA) is 106 Å². The second kappa shape index (κ2) is 6.67. The summed E-state index contributed by atoms with van der Waals surface area (Å²) >= 11 is 0. The monoisotopic (exact) mass is 287 g/mol. The average molecular weight is 287 g/mol. The predicted octanol–water partition coefficient (Wildman–Crippen LogP) is 2.62. The Bertz CT molecular complexity index is 645. The van der Waals surface area contributed by atoms with Gasteiger partial charge in [0.1, 0.15) is 5.82 Å². The van der Waals surface area contributed by atoms with Crippen LogP contribution < -0.4 is 16.4 Å². The first kappa shape index (κ1) is 14.7. The van der Waals surface area contributed by atoms with Gasteiger partial charge in [-0.05, 0) is 30.7 Å². The number of pyridine rings is 1. The molecule has 0 atom stereocenters. The smallest absolute Gasteiger partial charge is 0.311 e. The van der Waals surface area contributed by atoms with Crippen molar-refractivity contribution in [3.05, 3.63) is 52.1 Å². The van der Waals surface area contributed by atoms with Crippen molar-refractivity contribution >= 4 is 23.0 Å². The summed E-state index contributed by atoms with van der Waals surface area (Å²) in [7, 11) is 0. The van der Waals surface area contributed by atoms with E-state index >= 15 is 0 Å². The average Bonchev–Trinajstić information content (AvgIpc) is 2.48. The van der Waals surface area contributed by atoms with Crippen molar-refractivity contribution < 1.29 is 4.92 Å². The lowest BCUT2D eigenvalue weighted by Crippen LogP contribution is -2.05. The molecule has 0 bridgehead atoms. The van der Waals surface area contributed by atoms with Gasteiger partial charge >= 0.3 is 5.69 Å². The highest BCUT2D eigenvalue weighted by Gasteiger charge is 2.16. The van der Waals surface area contributed by atoms with E-state index in [2.05, 4.69) is 15.6 Å². The molecule has 1 heterocycles. The highest BCUT2D eigenvalue weighted by Crippen LogP contribution is 2.27. The molecule has 21 heavy (non-hydrogen) atoms. The van der Waals surface area contributed by atoms with Gasteiger partial charge in [0.2, 0.25) is 5.82 Å².